The van der Waals surface area contributed by atoms with Gasteiger partial charge in [0, 0.05) is 6.07 Å². The van der Waals surface area contributed by atoms with Crippen molar-refractivity contribution in [2.45, 2.75) is 6.92 Å². The van der Waals surface area contributed by atoms with Gasteiger partial charge in [0.05, 0.1) is 4.47 Å². The molecule has 110 valence electrons. The molecule has 1 heterocycles. The highest BCUT2D eigenvalue weighted by molar-refractivity contribution is 9.10. The first-order chi connectivity index (χ1) is 9.95. The van der Waals surface area contributed by atoms with Crippen LogP contribution in [0, 0.1) is 6.92 Å². The number of hydrogen-bond acceptors (Lipinski definition) is 4. The van der Waals surface area contributed by atoms with Gasteiger partial charge in [0.2, 0.25) is 0 Å². The Kier molecular flexibility index (Phi) is 4.59. The minimum atomic E-state index is -1.15. The first kappa shape index (κ1) is 15.0. The summed E-state index contributed by atoms with van der Waals surface area (Å²) in [5, 5.41) is 17.1. The molecule has 0 saturated carbocycles. The number of carboxylic acids is 1. The molecular weight excluding hydrogens is 342 g/mol. The summed E-state index contributed by atoms with van der Waals surface area (Å²) in [7, 11) is 0. The summed E-state index contributed by atoms with van der Waals surface area (Å²) in [6, 6.07) is 6.72. The van der Waals surface area contributed by atoms with Crippen LogP contribution in [0.25, 0.3) is 0 Å². The zero-order valence-electron chi connectivity index (χ0n) is 11.0. The molecule has 0 atom stereocenters. The van der Waals surface area contributed by atoms with Crippen LogP contribution in [0.4, 0.5) is 5.82 Å². The van der Waals surface area contributed by atoms with Crippen molar-refractivity contribution in [3.8, 4) is 5.75 Å². The molecule has 21 heavy (non-hydrogen) atoms. The van der Waals surface area contributed by atoms with Crippen LogP contribution in [0.2, 0.25) is 0 Å². The van der Waals surface area contributed by atoms with E-state index in [0.29, 0.717) is 5.75 Å². The summed E-state index contributed by atoms with van der Waals surface area (Å²) in [6.07, 6.45) is 0. The maximum atomic E-state index is 11.7. The van der Waals surface area contributed by atoms with Gasteiger partial charge in [-0.2, -0.15) is 5.10 Å². The number of aromatic amines is 1. The third-order valence-corrected chi connectivity index (χ3v) is 3.14. The van der Waals surface area contributed by atoms with Gasteiger partial charge in [-0.15, -0.1) is 0 Å². The third-order valence-electron chi connectivity index (χ3n) is 2.52. The van der Waals surface area contributed by atoms with E-state index in [1.54, 1.807) is 6.07 Å². The van der Waals surface area contributed by atoms with Crippen molar-refractivity contribution in [2.75, 3.05) is 11.9 Å². The SMILES string of the molecule is Cc1ccc(OCC(=O)Nc2cc(C(=O)O)[nH]n2)c(Br)c1. The minimum absolute atomic E-state index is 0.104. The van der Waals surface area contributed by atoms with E-state index in [1.165, 1.54) is 6.07 Å². The van der Waals surface area contributed by atoms with Crippen molar-refractivity contribution < 1.29 is 19.4 Å². The molecule has 0 unspecified atom stereocenters. The summed E-state index contributed by atoms with van der Waals surface area (Å²) >= 11 is 3.34. The molecule has 0 aliphatic heterocycles. The number of aromatic carboxylic acids is 1. The monoisotopic (exact) mass is 353 g/mol. The number of carbonyl (C=O) groups excluding carboxylic acids is 1. The first-order valence-electron chi connectivity index (χ1n) is 5.93. The fraction of sp³-hybridized carbons (Fsp3) is 0.154. The number of rotatable bonds is 5. The van der Waals surface area contributed by atoms with Gasteiger partial charge >= 0.3 is 5.97 Å². The average molecular weight is 354 g/mol. The second-order valence-electron chi connectivity index (χ2n) is 4.24. The lowest BCUT2D eigenvalue weighted by atomic mass is 10.2. The molecule has 1 aromatic heterocycles. The van der Waals surface area contributed by atoms with Crippen molar-refractivity contribution in [3.05, 3.63) is 40.0 Å². The number of aromatic nitrogens is 2. The predicted octanol–water partition coefficient (Wildman–Crippen LogP) is 2.20. The highest BCUT2D eigenvalue weighted by Crippen LogP contribution is 2.25. The van der Waals surface area contributed by atoms with Crippen LogP contribution in [0.1, 0.15) is 16.1 Å². The van der Waals surface area contributed by atoms with Gasteiger partial charge in [-0.1, -0.05) is 6.07 Å². The van der Waals surface area contributed by atoms with Crippen molar-refractivity contribution in [1.82, 2.24) is 10.2 Å². The van der Waals surface area contributed by atoms with E-state index in [9.17, 15) is 9.59 Å². The topological polar surface area (TPSA) is 104 Å². The molecule has 1 amide bonds. The highest BCUT2D eigenvalue weighted by atomic mass is 79.9. The van der Waals surface area contributed by atoms with Gasteiger partial charge < -0.3 is 15.2 Å². The van der Waals surface area contributed by atoms with Gasteiger partial charge in [0.25, 0.3) is 5.91 Å². The maximum absolute atomic E-state index is 11.7. The van der Waals surface area contributed by atoms with Crippen LogP contribution in [-0.2, 0) is 4.79 Å². The summed E-state index contributed by atoms with van der Waals surface area (Å²) in [6.45, 7) is 1.73. The van der Waals surface area contributed by atoms with Crippen molar-refractivity contribution in [3.63, 3.8) is 0 Å². The normalized spacial score (nSPS) is 10.2. The van der Waals surface area contributed by atoms with E-state index in [-0.39, 0.29) is 18.1 Å². The summed E-state index contributed by atoms with van der Waals surface area (Å²) in [4.78, 5) is 22.4. The summed E-state index contributed by atoms with van der Waals surface area (Å²) < 4.78 is 6.12. The van der Waals surface area contributed by atoms with E-state index in [1.807, 2.05) is 19.1 Å². The number of carboxylic acid groups (broad SMARTS) is 1. The lowest BCUT2D eigenvalue weighted by Gasteiger charge is -2.08. The van der Waals surface area contributed by atoms with E-state index in [2.05, 4.69) is 31.4 Å². The van der Waals surface area contributed by atoms with Gasteiger partial charge in [-0.25, -0.2) is 4.79 Å². The molecule has 0 saturated heterocycles. The number of nitrogens with zero attached hydrogens (tertiary/aromatic N) is 1. The lowest BCUT2D eigenvalue weighted by molar-refractivity contribution is -0.118. The molecule has 0 radical (unpaired) electrons. The zero-order chi connectivity index (χ0) is 15.4. The predicted molar refractivity (Wildman–Crippen MR) is 78.6 cm³/mol. The van der Waals surface area contributed by atoms with E-state index in [0.717, 1.165) is 10.0 Å². The van der Waals surface area contributed by atoms with Gasteiger partial charge in [0.15, 0.2) is 12.4 Å². The second kappa shape index (κ2) is 6.40. The van der Waals surface area contributed by atoms with Crippen molar-refractivity contribution in [1.29, 1.82) is 0 Å². The van der Waals surface area contributed by atoms with Crippen LogP contribution in [-0.4, -0.2) is 33.8 Å². The standard InChI is InChI=1S/C13H12BrN3O4/c1-7-2-3-10(8(14)4-7)21-6-12(18)15-11-5-9(13(19)20)16-17-11/h2-5H,6H2,1H3,(H,19,20)(H2,15,16,17,18). The molecule has 1 aromatic carbocycles. The first-order valence-corrected chi connectivity index (χ1v) is 6.72. The van der Waals surface area contributed by atoms with E-state index < -0.39 is 11.9 Å². The number of ether oxygens (including phenoxy) is 1. The lowest BCUT2D eigenvalue weighted by Crippen LogP contribution is -2.20. The van der Waals surface area contributed by atoms with E-state index in [4.69, 9.17) is 9.84 Å². The second-order valence-corrected chi connectivity index (χ2v) is 5.10. The van der Waals surface area contributed by atoms with Crippen molar-refractivity contribution >= 4 is 33.6 Å². The van der Waals surface area contributed by atoms with E-state index >= 15 is 0 Å². The molecule has 0 fully saturated rings. The Morgan fingerprint density at radius 3 is 2.81 bits per heavy atom. The van der Waals surface area contributed by atoms with Crippen LogP contribution < -0.4 is 10.1 Å². The number of halogens is 1. The number of anilines is 1. The Morgan fingerprint density at radius 1 is 1.43 bits per heavy atom. The zero-order valence-corrected chi connectivity index (χ0v) is 12.6. The maximum Gasteiger partial charge on any atom is 0.353 e. The van der Waals surface area contributed by atoms with Gasteiger partial charge in [0.1, 0.15) is 11.4 Å². The third kappa shape index (κ3) is 4.06. The average Bonchev–Trinajstić information content (AvgIpc) is 2.86. The fourth-order valence-corrected chi connectivity index (χ4v) is 2.15. The Balaban J connectivity index is 1.91. The molecule has 7 nitrogen and oxygen atoms in total. The van der Waals surface area contributed by atoms with Crippen LogP contribution in [0.15, 0.2) is 28.7 Å². The number of benzene rings is 1. The van der Waals surface area contributed by atoms with Gasteiger partial charge in [-0.3, -0.25) is 9.89 Å². The largest absolute Gasteiger partial charge is 0.483 e. The summed E-state index contributed by atoms with van der Waals surface area (Å²) in [5.41, 5.74) is 0.962. The van der Waals surface area contributed by atoms with Crippen LogP contribution in [0.3, 0.4) is 0 Å². The Labute approximate surface area is 128 Å². The molecule has 0 aliphatic carbocycles. The number of aryl methyl sites for hydroxylation is 1. The minimum Gasteiger partial charge on any atom is -0.483 e. The number of amides is 1. The summed E-state index contributed by atoms with van der Waals surface area (Å²) in [5.74, 6) is -0.915. The molecule has 3 N–H and O–H groups in total. The number of hydrogen-bond donors (Lipinski definition) is 3. The van der Waals surface area contributed by atoms with Gasteiger partial charge in [-0.05, 0) is 40.5 Å². The van der Waals surface area contributed by atoms with Crippen LogP contribution >= 0.6 is 15.9 Å². The molecule has 2 aromatic rings. The van der Waals surface area contributed by atoms with Crippen molar-refractivity contribution in [2.24, 2.45) is 0 Å². The number of carbonyl (C=O) groups is 2. The fourth-order valence-electron chi connectivity index (χ4n) is 1.54. The molecule has 0 aliphatic rings. The molecular formula is C13H12BrN3O4. The van der Waals surface area contributed by atoms with Crippen LogP contribution in [0.5, 0.6) is 5.75 Å². The highest BCUT2D eigenvalue weighted by Gasteiger charge is 2.11. The molecule has 2 rings (SSSR count). The Bertz CT molecular complexity index is 684. The molecule has 0 spiro atoms. The Morgan fingerprint density at radius 2 is 2.19 bits per heavy atom. The smallest absolute Gasteiger partial charge is 0.353 e. The quantitative estimate of drug-likeness (QED) is 0.764. The number of nitrogens with one attached hydrogen (secondary N) is 2. The molecule has 0 bridgehead atoms. The molecule has 8 heteroatoms. The Hall–Kier alpha value is -2.35. The number of H-pyrrole nitrogens is 1.